The van der Waals surface area contributed by atoms with Crippen LogP contribution in [-0.2, 0) is 4.74 Å². The average Bonchev–Trinajstić information content (AvgIpc) is 2.81. The van der Waals surface area contributed by atoms with Gasteiger partial charge in [-0.3, -0.25) is 4.79 Å². The average molecular weight is 238 g/mol. The Morgan fingerprint density at radius 1 is 1.62 bits per heavy atom. The molecule has 1 aromatic heterocycles. The number of Topliss-reactive ketones (excluding diaryl/α,β-unsaturated/α-hetero) is 1. The van der Waals surface area contributed by atoms with E-state index in [1.807, 2.05) is 17.5 Å². The Hall–Kier alpha value is -1.09. The van der Waals surface area contributed by atoms with Crippen molar-refractivity contribution in [3.8, 4) is 0 Å². The number of thiophene rings is 1. The van der Waals surface area contributed by atoms with Gasteiger partial charge in [-0.1, -0.05) is 32.4 Å². The van der Waals surface area contributed by atoms with Gasteiger partial charge in [0.1, 0.15) is 0 Å². The minimum atomic E-state index is -0.359. The Bertz CT molecular complexity index is 317. The fourth-order valence-electron chi connectivity index (χ4n) is 1.53. The van der Waals surface area contributed by atoms with Crippen molar-refractivity contribution in [3.63, 3.8) is 0 Å². The summed E-state index contributed by atoms with van der Waals surface area (Å²) in [7, 11) is 0. The smallest absolute Gasteiger partial charge is 0.213 e. The highest BCUT2D eigenvalue weighted by molar-refractivity contribution is 7.12. The first-order valence-electron chi connectivity index (χ1n) is 5.63. The maximum atomic E-state index is 12.0. The highest BCUT2D eigenvalue weighted by atomic mass is 32.1. The summed E-state index contributed by atoms with van der Waals surface area (Å²) in [5, 5.41) is 1.91. The lowest BCUT2D eigenvalue weighted by atomic mass is 10.1. The zero-order chi connectivity index (χ0) is 11.8. The van der Waals surface area contributed by atoms with E-state index in [-0.39, 0.29) is 11.9 Å². The molecule has 1 unspecified atom stereocenters. The van der Waals surface area contributed by atoms with Crippen LogP contribution in [0.2, 0.25) is 0 Å². The van der Waals surface area contributed by atoms with Crippen molar-refractivity contribution < 1.29 is 9.53 Å². The van der Waals surface area contributed by atoms with Crippen molar-refractivity contribution in [2.24, 2.45) is 0 Å². The lowest BCUT2D eigenvalue weighted by Gasteiger charge is -2.14. The number of hydrogen-bond acceptors (Lipinski definition) is 3. The molecular weight excluding hydrogens is 220 g/mol. The summed E-state index contributed by atoms with van der Waals surface area (Å²) >= 11 is 1.46. The largest absolute Gasteiger partial charge is 0.490 e. The Kier molecular flexibility index (Phi) is 5.86. The van der Waals surface area contributed by atoms with E-state index in [2.05, 4.69) is 13.5 Å². The van der Waals surface area contributed by atoms with Gasteiger partial charge in [-0.05, 0) is 24.3 Å². The predicted octanol–water partition coefficient (Wildman–Crippen LogP) is 4.04. The summed E-state index contributed by atoms with van der Waals surface area (Å²) in [6.07, 6.45) is 5.08. The molecule has 88 valence electrons. The van der Waals surface area contributed by atoms with E-state index < -0.39 is 0 Å². The molecular formula is C13H18O2S. The SMILES string of the molecule is C=COC(CCCCC)C(=O)c1cccs1. The molecule has 1 rings (SSSR count). The normalized spacial score (nSPS) is 12.1. The van der Waals surface area contributed by atoms with Crippen LogP contribution in [-0.4, -0.2) is 11.9 Å². The van der Waals surface area contributed by atoms with Gasteiger partial charge in [0.2, 0.25) is 5.78 Å². The van der Waals surface area contributed by atoms with Crippen LogP contribution in [0.15, 0.2) is 30.4 Å². The molecule has 1 aromatic rings. The van der Waals surface area contributed by atoms with Crippen LogP contribution >= 0.6 is 11.3 Å². The molecule has 0 aliphatic heterocycles. The first-order valence-corrected chi connectivity index (χ1v) is 6.51. The minimum Gasteiger partial charge on any atom is -0.490 e. The molecule has 0 aliphatic rings. The molecule has 0 radical (unpaired) electrons. The number of rotatable bonds is 8. The van der Waals surface area contributed by atoms with Gasteiger partial charge in [-0.2, -0.15) is 0 Å². The third-order valence-corrected chi connectivity index (χ3v) is 3.27. The highest BCUT2D eigenvalue weighted by Gasteiger charge is 2.20. The van der Waals surface area contributed by atoms with E-state index >= 15 is 0 Å². The molecule has 2 nitrogen and oxygen atoms in total. The van der Waals surface area contributed by atoms with Crippen molar-refractivity contribution in [1.29, 1.82) is 0 Å². The topological polar surface area (TPSA) is 26.3 Å². The standard InChI is InChI=1S/C13H18O2S/c1-3-5-6-8-11(15-4-2)13(14)12-9-7-10-16-12/h4,7,9-11H,2-3,5-6,8H2,1H3. The molecule has 16 heavy (non-hydrogen) atoms. The van der Waals surface area contributed by atoms with Crippen molar-refractivity contribution in [2.75, 3.05) is 0 Å². The second-order valence-electron chi connectivity index (χ2n) is 3.63. The molecule has 1 heterocycles. The minimum absolute atomic E-state index is 0.0750. The third kappa shape index (κ3) is 3.81. The van der Waals surface area contributed by atoms with E-state index in [0.717, 1.165) is 30.6 Å². The lowest BCUT2D eigenvalue weighted by Crippen LogP contribution is -2.21. The molecule has 0 bridgehead atoms. The number of unbranched alkanes of at least 4 members (excludes halogenated alkanes) is 2. The predicted molar refractivity (Wildman–Crippen MR) is 67.9 cm³/mol. The Balaban J connectivity index is 2.55. The fourth-order valence-corrected chi connectivity index (χ4v) is 2.24. The Morgan fingerprint density at radius 2 is 2.44 bits per heavy atom. The van der Waals surface area contributed by atoms with Crippen LogP contribution in [0.1, 0.15) is 42.3 Å². The first-order chi connectivity index (χ1) is 7.79. The number of ketones is 1. The number of hydrogen-bond donors (Lipinski definition) is 0. The van der Waals surface area contributed by atoms with Gasteiger partial charge in [0.25, 0.3) is 0 Å². The molecule has 0 N–H and O–H groups in total. The monoisotopic (exact) mass is 238 g/mol. The van der Waals surface area contributed by atoms with E-state index in [0.29, 0.717) is 0 Å². The fraction of sp³-hybridized carbons (Fsp3) is 0.462. The Labute approximate surface area is 101 Å². The summed E-state index contributed by atoms with van der Waals surface area (Å²) in [5.41, 5.74) is 0. The van der Waals surface area contributed by atoms with Crippen LogP contribution in [0.4, 0.5) is 0 Å². The van der Waals surface area contributed by atoms with Crippen molar-refractivity contribution in [2.45, 2.75) is 38.7 Å². The maximum Gasteiger partial charge on any atom is 0.213 e. The van der Waals surface area contributed by atoms with E-state index in [9.17, 15) is 4.79 Å². The van der Waals surface area contributed by atoms with E-state index in [1.54, 1.807) is 0 Å². The van der Waals surface area contributed by atoms with Gasteiger partial charge >= 0.3 is 0 Å². The van der Waals surface area contributed by atoms with Gasteiger partial charge in [-0.15, -0.1) is 11.3 Å². The van der Waals surface area contributed by atoms with Crippen molar-refractivity contribution in [3.05, 3.63) is 35.2 Å². The maximum absolute atomic E-state index is 12.0. The molecule has 0 saturated heterocycles. The van der Waals surface area contributed by atoms with Crippen LogP contribution < -0.4 is 0 Å². The first kappa shape index (κ1) is 13.0. The highest BCUT2D eigenvalue weighted by Crippen LogP contribution is 2.17. The van der Waals surface area contributed by atoms with Crippen LogP contribution in [0.25, 0.3) is 0 Å². The van der Waals surface area contributed by atoms with Gasteiger partial charge < -0.3 is 4.74 Å². The molecule has 3 heteroatoms. The van der Waals surface area contributed by atoms with Crippen molar-refractivity contribution >= 4 is 17.1 Å². The summed E-state index contributed by atoms with van der Waals surface area (Å²) in [6.45, 7) is 5.66. The zero-order valence-corrected chi connectivity index (χ0v) is 10.5. The molecule has 0 aromatic carbocycles. The lowest BCUT2D eigenvalue weighted by molar-refractivity contribution is 0.0685. The van der Waals surface area contributed by atoms with Crippen molar-refractivity contribution in [1.82, 2.24) is 0 Å². The molecule has 1 atom stereocenters. The summed E-state index contributed by atoms with van der Waals surface area (Å²) in [5.74, 6) is 0.0750. The summed E-state index contributed by atoms with van der Waals surface area (Å²) in [4.78, 5) is 12.8. The number of ether oxygens (including phenoxy) is 1. The molecule has 0 spiro atoms. The van der Waals surface area contributed by atoms with E-state index in [4.69, 9.17) is 4.74 Å². The van der Waals surface area contributed by atoms with Crippen LogP contribution in [0.5, 0.6) is 0 Å². The van der Waals surface area contributed by atoms with Crippen LogP contribution in [0, 0.1) is 0 Å². The quantitative estimate of drug-likeness (QED) is 0.388. The second kappa shape index (κ2) is 7.23. The van der Waals surface area contributed by atoms with Gasteiger partial charge in [0.05, 0.1) is 11.1 Å². The van der Waals surface area contributed by atoms with Gasteiger partial charge in [0, 0.05) is 0 Å². The molecule has 0 amide bonds. The molecule has 0 aliphatic carbocycles. The van der Waals surface area contributed by atoms with Gasteiger partial charge in [0.15, 0.2) is 6.10 Å². The summed E-state index contributed by atoms with van der Waals surface area (Å²) < 4.78 is 5.30. The molecule has 0 saturated carbocycles. The number of carbonyl (C=O) groups excluding carboxylic acids is 1. The Morgan fingerprint density at radius 3 is 3.00 bits per heavy atom. The molecule has 0 fully saturated rings. The second-order valence-corrected chi connectivity index (χ2v) is 4.58. The third-order valence-electron chi connectivity index (χ3n) is 2.39. The summed E-state index contributed by atoms with van der Waals surface area (Å²) in [6, 6.07) is 3.72. The van der Waals surface area contributed by atoms with E-state index in [1.165, 1.54) is 17.6 Å². The van der Waals surface area contributed by atoms with Gasteiger partial charge in [-0.25, -0.2) is 0 Å². The van der Waals surface area contributed by atoms with Crippen LogP contribution in [0.3, 0.4) is 0 Å². The zero-order valence-electron chi connectivity index (χ0n) is 9.65. The number of carbonyl (C=O) groups is 1.